The third-order valence-electron chi connectivity index (χ3n) is 5.46. The molecule has 0 aromatic carbocycles. The molecule has 0 aliphatic rings. The first-order chi connectivity index (χ1) is 11.7. The highest BCUT2D eigenvalue weighted by Crippen LogP contribution is 2.65. The monoisotopic (exact) mass is 457 g/mol. The van der Waals surface area contributed by atoms with E-state index in [0.717, 1.165) is 27.7 Å². The summed E-state index contributed by atoms with van der Waals surface area (Å²) in [4.78, 5) is 0. The van der Waals surface area contributed by atoms with Gasteiger partial charge in [-0.25, -0.2) is 0 Å². The lowest BCUT2D eigenvalue weighted by Gasteiger charge is -2.53. The Balaban J connectivity index is 0. The molecule has 0 spiro atoms. The molecule has 0 heterocycles. The Kier molecular flexibility index (Phi) is 8.59. The van der Waals surface area contributed by atoms with Crippen molar-refractivity contribution in [1.29, 1.82) is 0 Å². The molecule has 0 aromatic heterocycles. The molecule has 172 valence electrons. The Labute approximate surface area is 157 Å². The van der Waals surface area contributed by atoms with Crippen LogP contribution in [0.3, 0.4) is 0 Å². The van der Waals surface area contributed by atoms with Gasteiger partial charge in [0.1, 0.15) is 4.75 Å². The molecule has 0 rings (SSSR count). The maximum Gasteiger partial charge on any atom is 0.460 e. The van der Waals surface area contributed by atoms with Gasteiger partial charge in [-0.1, -0.05) is 27.7 Å². The lowest BCUT2D eigenvalue weighted by molar-refractivity contribution is -0.415. The molecule has 14 heteroatoms. The zero-order chi connectivity index (χ0) is 22.3. The van der Waals surface area contributed by atoms with E-state index in [4.69, 9.17) is 0 Å². The molecule has 4 nitrogen and oxygen atoms in total. The summed E-state index contributed by atoms with van der Waals surface area (Å²) in [7, 11) is -5.57. The molecule has 0 bridgehead atoms. The van der Waals surface area contributed by atoms with Crippen molar-refractivity contribution in [3.05, 3.63) is 0 Å². The van der Waals surface area contributed by atoms with Crippen LogP contribution in [0.25, 0.3) is 0 Å². The molecule has 0 aromatic rings. The topological polar surface area (TPSA) is 89.4 Å². The second kappa shape index (κ2) is 8.17. The van der Waals surface area contributed by atoms with Gasteiger partial charge in [0, 0.05) is 0 Å². The molecule has 0 unspecified atom stereocenters. The average molecular weight is 457 g/mol. The van der Waals surface area contributed by atoms with Crippen LogP contribution in [0.1, 0.15) is 53.4 Å². The van der Waals surface area contributed by atoms with Crippen LogP contribution in [0.4, 0.5) is 39.5 Å². The minimum Gasteiger partial charge on any atom is -0.344 e. The molecule has 28 heavy (non-hydrogen) atoms. The maximum atomic E-state index is 14.8. The van der Waals surface area contributed by atoms with Gasteiger partial charge in [-0.15, -0.1) is 0 Å². The van der Waals surface area contributed by atoms with Crippen molar-refractivity contribution in [1.82, 2.24) is 6.15 Å². The van der Waals surface area contributed by atoms with Crippen molar-refractivity contribution in [2.24, 2.45) is 5.41 Å². The van der Waals surface area contributed by atoms with Gasteiger partial charge in [0.2, 0.25) is 0 Å². The number of hydrogen-bond donors (Lipinski definition) is 2. The third-order valence-corrected chi connectivity index (χ3v) is 7.42. The second-order valence-corrected chi connectivity index (χ2v) is 7.92. The summed E-state index contributed by atoms with van der Waals surface area (Å²) in [6, 6.07) is 0. The van der Waals surface area contributed by atoms with E-state index in [1.807, 2.05) is 0 Å². The first-order valence-corrected chi connectivity index (χ1v) is 9.35. The summed E-state index contributed by atoms with van der Waals surface area (Å²) in [6.45, 7) is 3.36. The lowest BCUT2D eigenvalue weighted by atomic mass is 9.62. The summed E-state index contributed by atoms with van der Waals surface area (Å²) in [5, 5.41) is 0. The van der Waals surface area contributed by atoms with E-state index in [-0.39, 0.29) is 6.15 Å². The molecular formula is C14H24F9NO3S. The molecule has 4 N–H and O–H groups in total. The summed E-state index contributed by atoms with van der Waals surface area (Å²) in [5.74, 6) is -20.3. The van der Waals surface area contributed by atoms with Gasteiger partial charge < -0.3 is 6.15 Å². The number of hydrogen-bond acceptors (Lipinski definition) is 3. The summed E-state index contributed by atoms with van der Waals surface area (Å²) < 4.78 is 152. The van der Waals surface area contributed by atoms with E-state index in [1.165, 1.54) is 0 Å². The lowest BCUT2D eigenvalue weighted by Crippen LogP contribution is -2.71. The fourth-order valence-electron chi connectivity index (χ4n) is 3.84. The standard InChI is InChI=1S/C14H21F9O3S.H3N/c1-5-9(6-2,10(7-3,8-4)27(24,25)26)11(15,16)12(17,18)13(19,20)14(21,22)23;/h5-8H2,1-4H3,(H,24,25,26);1H3. The van der Waals surface area contributed by atoms with Crippen LogP contribution in [0.15, 0.2) is 0 Å². The van der Waals surface area contributed by atoms with Crippen molar-refractivity contribution in [3.8, 4) is 0 Å². The van der Waals surface area contributed by atoms with Crippen LogP contribution >= 0.6 is 0 Å². The van der Waals surface area contributed by atoms with Crippen LogP contribution in [0, 0.1) is 5.41 Å². The van der Waals surface area contributed by atoms with Crippen molar-refractivity contribution in [2.75, 3.05) is 0 Å². The molecular weight excluding hydrogens is 433 g/mol. The SMILES string of the molecule is CCC(CC)(C(F)(F)C(F)(F)C(F)(F)C(F)(F)F)C(CC)(CC)S(=O)(=O)O.N. The van der Waals surface area contributed by atoms with E-state index < -0.39 is 69.9 Å². The zero-order valence-corrected chi connectivity index (χ0v) is 16.4. The van der Waals surface area contributed by atoms with Crippen LogP contribution < -0.4 is 6.15 Å². The van der Waals surface area contributed by atoms with Gasteiger partial charge in [-0.2, -0.15) is 47.9 Å². The largest absolute Gasteiger partial charge is 0.460 e. The van der Waals surface area contributed by atoms with Crippen molar-refractivity contribution < 1.29 is 52.5 Å². The Morgan fingerprint density at radius 1 is 0.643 bits per heavy atom. The second-order valence-electron chi connectivity index (χ2n) is 6.19. The predicted molar refractivity (Wildman–Crippen MR) is 83.8 cm³/mol. The number of rotatable bonds is 9. The van der Waals surface area contributed by atoms with Crippen molar-refractivity contribution in [3.63, 3.8) is 0 Å². The molecule has 0 radical (unpaired) electrons. The molecule has 0 atom stereocenters. The third kappa shape index (κ3) is 3.48. The fraction of sp³-hybridized carbons (Fsp3) is 1.00. The first-order valence-electron chi connectivity index (χ1n) is 7.91. The van der Waals surface area contributed by atoms with E-state index in [0.29, 0.717) is 0 Å². The highest BCUT2D eigenvalue weighted by atomic mass is 32.2. The zero-order valence-electron chi connectivity index (χ0n) is 15.6. The molecule has 0 saturated heterocycles. The minimum absolute atomic E-state index is 0. The van der Waals surface area contributed by atoms with Crippen molar-refractivity contribution in [2.45, 2.75) is 82.1 Å². The Morgan fingerprint density at radius 2 is 0.964 bits per heavy atom. The summed E-state index contributed by atoms with van der Waals surface area (Å²) in [6.07, 6.45) is -11.3. The van der Waals surface area contributed by atoms with E-state index in [1.54, 1.807) is 0 Å². The molecule has 0 amide bonds. The highest BCUT2D eigenvalue weighted by molar-refractivity contribution is 7.87. The van der Waals surface area contributed by atoms with Gasteiger partial charge in [-0.3, -0.25) is 4.55 Å². The normalized spacial score (nSPS) is 15.4. The van der Waals surface area contributed by atoms with Gasteiger partial charge in [-0.05, 0) is 25.7 Å². The molecule has 0 aliphatic carbocycles. The Morgan fingerprint density at radius 3 is 1.14 bits per heavy atom. The first kappa shape index (κ1) is 29.4. The highest BCUT2D eigenvalue weighted by Gasteiger charge is 2.87. The van der Waals surface area contributed by atoms with Gasteiger partial charge >= 0.3 is 23.9 Å². The maximum absolute atomic E-state index is 14.8. The summed E-state index contributed by atoms with van der Waals surface area (Å²) >= 11 is 0. The molecule has 0 aliphatic heterocycles. The van der Waals surface area contributed by atoms with E-state index >= 15 is 0 Å². The van der Waals surface area contributed by atoms with Gasteiger partial charge in [0.15, 0.2) is 0 Å². The van der Waals surface area contributed by atoms with Crippen LogP contribution in [0.5, 0.6) is 0 Å². The van der Waals surface area contributed by atoms with Crippen LogP contribution in [0.2, 0.25) is 0 Å². The fourth-order valence-corrected chi connectivity index (χ4v) is 5.48. The average Bonchev–Trinajstić information content (AvgIpc) is 2.49. The van der Waals surface area contributed by atoms with Gasteiger partial charge in [0.05, 0.1) is 5.41 Å². The van der Waals surface area contributed by atoms with Crippen LogP contribution in [-0.4, -0.2) is 41.7 Å². The smallest absolute Gasteiger partial charge is 0.344 e. The Hall–Kier alpha value is -0.760. The quantitative estimate of drug-likeness (QED) is 0.335. The van der Waals surface area contributed by atoms with E-state index in [9.17, 15) is 52.5 Å². The van der Waals surface area contributed by atoms with E-state index in [2.05, 4.69) is 0 Å². The number of alkyl halides is 9. The minimum atomic E-state index is -7.15. The number of halogens is 9. The summed E-state index contributed by atoms with van der Waals surface area (Å²) in [5.41, 5.74) is -3.62. The van der Waals surface area contributed by atoms with Crippen molar-refractivity contribution >= 4 is 10.1 Å². The Bertz CT molecular complexity index is 624. The molecule has 0 fully saturated rings. The van der Waals surface area contributed by atoms with Gasteiger partial charge in [0.25, 0.3) is 10.1 Å². The molecule has 0 saturated carbocycles. The van der Waals surface area contributed by atoms with Crippen LogP contribution in [-0.2, 0) is 10.1 Å². The predicted octanol–water partition coefficient (Wildman–Crippen LogP) is 5.87.